The lowest BCUT2D eigenvalue weighted by Gasteiger charge is -2.23. The van der Waals surface area contributed by atoms with Gasteiger partial charge >= 0.3 is 5.91 Å². The second-order valence-electron chi connectivity index (χ2n) is 7.23. The zero-order chi connectivity index (χ0) is 22.4. The second-order valence-corrected chi connectivity index (χ2v) is 8.39. The molecule has 1 aromatic heterocycles. The van der Waals surface area contributed by atoms with Gasteiger partial charge in [-0.15, -0.1) is 10.2 Å². The third-order valence-electron chi connectivity index (χ3n) is 5.17. The van der Waals surface area contributed by atoms with Crippen molar-refractivity contribution in [2.24, 2.45) is 0 Å². The van der Waals surface area contributed by atoms with Crippen molar-refractivity contribution in [1.82, 2.24) is 10.2 Å². The summed E-state index contributed by atoms with van der Waals surface area (Å²) in [6.07, 6.45) is 0. The van der Waals surface area contributed by atoms with Crippen molar-refractivity contribution in [2.45, 2.75) is 13.0 Å². The largest absolute Gasteiger partial charge is 0.508 e. The summed E-state index contributed by atoms with van der Waals surface area (Å²) < 4.78 is 11.1. The predicted molar refractivity (Wildman–Crippen MR) is 115 cm³/mol. The van der Waals surface area contributed by atoms with Crippen LogP contribution in [0, 0.1) is 6.92 Å². The molecule has 32 heavy (non-hydrogen) atoms. The van der Waals surface area contributed by atoms with E-state index in [4.69, 9.17) is 9.47 Å². The minimum Gasteiger partial charge on any atom is -0.508 e. The first-order valence-electron chi connectivity index (χ1n) is 9.74. The van der Waals surface area contributed by atoms with E-state index in [0.717, 1.165) is 11.3 Å². The van der Waals surface area contributed by atoms with Crippen molar-refractivity contribution in [2.75, 3.05) is 18.1 Å². The van der Waals surface area contributed by atoms with Gasteiger partial charge in [-0.05, 0) is 42.8 Å². The highest BCUT2D eigenvalue weighted by Gasteiger charge is 2.48. The summed E-state index contributed by atoms with van der Waals surface area (Å²) in [7, 11) is 0. The minimum atomic E-state index is -0.998. The lowest BCUT2D eigenvalue weighted by Crippen LogP contribution is -2.29. The topological polar surface area (TPSA) is 122 Å². The van der Waals surface area contributed by atoms with E-state index in [-0.39, 0.29) is 22.2 Å². The van der Waals surface area contributed by atoms with Crippen LogP contribution in [-0.2, 0) is 9.59 Å². The SMILES string of the molecule is Cc1nnc(N2C(=O)C(=O)/C(=C(/O)c3ccc4c(c3)OCCO4)C2c2cccc(O)c2)s1. The number of ketones is 1. The number of amides is 1. The number of aromatic nitrogens is 2. The van der Waals surface area contributed by atoms with E-state index in [1.165, 1.54) is 17.0 Å². The Morgan fingerprint density at radius 1 is 1.09 bits per heavy atom. The van der Waals surface area contributed by atoms with Crippen LogP contribution in [0.2, 0.25) is 0 Å². The maximum Gasteiger partial charge on any atom is 0.301 e. The Bertz CT molecular complexity index is 1280. The number of ether oxygens (including phenoxy) is 2. The van der Waals surface area contributed by atoms with Crippen LogP contribution >= 0.6 is 11.3 Å². The lowest BCUT2D eigenvalue weighted by molar-refractivity contribution is -0.132. The Kier molecular flexibility index (Phi) is 4.78. The van der Waals surface area contributed by atoms with E-state index >= 15 is 0 Å². The van der Waals surface area contributed by atoms with E-state index in [9.17, 15) is 19.8 Å². The maximum absolute atomic E-state index is 13.1. The van der Waals surface area contributed by atoms with Crippen molar-refractivity contribution in [3.63, 3.8) is 0 Å². The number of fused-ring (bicyclic) bond motifs is 1. The summed E-state index contributed by atoms with van der Waals surface area (Å²) in [6.45, 7) is 2.51. The van der Waals surface area contributed by atoms with Crippen LogP contribution in [0.4, 0.5) is 5.13 Å². The zero-order valence-corrected chi connectivity index (χ0v) is 17.6. The number of anilines is 1. The number of benzene rings is 2. The molecule has 2 aromatic carbocycles. The summed E-state index contributed by atoms with van der Waals surface area (Å²) in [6, 6.07) is 9.96. The predicted octanol–water partition coefficient (Wildman–Crippen LogP) is 2.95. The number of carbonyl (C=O) groups is 2. The number of hydrogen-bond donors (Lipinski definition) is 2. The molecule has 9 nitrogen and oxygen atoms in total. The number of phenols is 1. The Morgan fingerprint density at radius 3 is 2.59 bits per heavy atom. The van der Waals surface area contributed by atoms with Crippen LogP contribution < -0.4 is 14.4 Å². The molecule has 3 heterocycles. The quantitative estimate of drug-likeness (QED) is 0.354. The molecule has 0 spiro atoms. The molecule has 2 aliphatic heterocycles. The molecule has 0 aliphatic carbocycles. The van der Waals surface area contributed by atoms with Crippen molar-refractivity contribution >= 4 is 33.9 Å². The third-order valence-corrected chi connectivity index (χ3v) is 6.01. The normalized spacial score (nSPS) is 19.4. The average Bonchev–Trinajstić information content (AvgIpc) is 3.33. The maximum atomic E-state index is 13.1. The van der Waals surface area contributed by atoms with E-state index in [1.54, 1.807) is 37.3 Å². The Labute approximate surface area is 186 Å². The number of aromatic hydroxyl groups is 1. The summed E-state index contributed by atoms with van der Waals surface area (Å²) in [5.74, 6) is -1.14. The third kappa shape index (κ3) is 3.25. The van der Waals surface area contributed by atoms with Gasteiger partial charge in [-0.3, -0.25) is 14.5 Å². The molecule has 0 bridgehead atoms. The molecule has 1 amide bonds. The highest BCUT2D eigenvalue weighted by atomic mass is 32.1. The number of Topliss-reactive ketones (excluding diaryl/α,β-unsaturated/α-hetero) is 1. The first-order valence-corrected chi connectivity index (χ1v) is 10.6. The number of carbonyl (C=O) groups excluding carboxylic acids is 2. The van der Waals surface area contributed by atoms with Crippen LogP contribution in [-0.4, -0.2) is 45.3 Å². The summed E-state index contributed by atoms with van der Waals surface area (Å²) in [4.78, 5) is 27.3. The molecule has 10 heteroatoms. The number of phenolic OH excluding ortho intramolecular Hbond substituents is 1. The molecule has 2 N–H and O–H groups in total. The molecule has 3 aromatic rings. The molecule has 1 atom stereocenters. The van der Waals surface area contributed by atoms with Gasteiger partial charge in [0.05, 0.1) is 11.6 Å². The van der Waals surface area contributed by atoms with Gasteiger partial charge in [0.1, 0.15) is 29.7 Å². The van der Waals surface area contributed by atoms with Crippen LogP contribution in [0.25, 0.3) is 5.76 Å². The number of aliphatic hydroxyl groups excluding tert-OH is 1. The average molecular weight is 451 g/mol. The van der Waals surface area contributed by atoms with Crippen molar-refractivity contribution in [3.05, 3.63) is 64.2 Å². The first-order chi connectivity index (χ1) is 15.4. The van der Waals surface area contributed by atoms with Gasteiger partial charge in [0.15, 0.2) is 11.5 Å². The first kappa shape index (κ1) is 20.0. The number of rotatable bonds is 3. The van der Waals surface area contributed by atoms with Gasteiger partial charge in [0, 0.05) is 5.56 Å². The van der Waals surface area contributed by atoms with Gasteiger partial charge < -0.3 is 19.7 Å². The van der Waals surface area contributed by atoms with Gasteiger partial charge in [-0.25, -0.2) is 0 Å². The molecule has 2 aliphatic rings. The molecular formula is C22H17N3O6S. The van der Waals surface area contributed by atoms with Crippen LogP contribution in [0.3, 0.4) is 0 Å². The molecule has 1 fully saturated rings. The lowest BCUT2D eigenvalue weighted by atomic mass is 9.95. The Balaban J connectivity index is 1.70. The van der Waals surface area contributed by atoms with E-state index < -0.39 is 17.7 Å². The van der Waals surface area contributed by atoms with E-state index in [1.807, 2.05) is 0 Å². The standard InChI is InChI=1S/C22H17N3O6S/c1-11-23-24-22(32-11)25-18(12-3-2-4-14(26)9-12)17(20(28)21(25)29)19(27)13-5-6-15-16(10-13)31-8-7-30-15/h2-6,9-10,18,26-27H,7-8H2,1H3/b19-17+. The van der Waals surface area contributed by atoms with Gasteiger partial charge in [-0.1, -0.05) is 23.5 Å². The van der Waals surface area contributed by atoms with Gasteiger partial charge in [-0.2, -0.15) is 0 Å². The second kappa shape index (κ2) is 7.65. The molecule has 1 unspecified atom stereocenters. The fraction of sp³-hybridized carbons (Fsp3) is 0.182. The Morgan fingerprint density at radius 2 is 1.88 bits per heavy atom. The van der Waals surface area contributed by atoms with E-state index in [2.05, 4.69) is 10.2 Å². The van der Waals surface area contributed by atoms with Crippen molar-refractivity contribution in [1.29, 1.82) is 0 Å². The number of aliphatic hydroxyl groups is 1. The summed E-state index contributed by atoms with van der Waals surface area (Å²) in [5, 5.41) is 30.0. The number of nitrogens with zero attached hydrogens (tertiary/aromatic N) is 3. The number of hydrogen-bond acceptors (Lipinski definition) is 9. The monoisotopic (exact) mass is 451 g/mol. The smallest absolute Gasteiger partial charge is 0.301 e. The molecule has 0 saturated carbocycles. The van der Waals surface area contributed by atoms with E-state index in [0.29, 0.717) is 40.8 Å². The molecule has 5 rings (SSSR count). The van der Waals surface area contributed by atoms with Crippen molar-refractivity contribution in [3.8, 4) is 17.2 Å². The van der Waals surface area contributed by atoms with Gasteiger partial charge in [0.2, 0.25) is 5.13 Å². The van der Waals surface area contributed by atoms with Crippen molar-refractivity contribution < 1.29 is 29.3 Å². The van der Waals surface area contributed by atoms with Crippen LogP contribution in [0.15, 0.2) is 48.0 Å². The van der Waals surface area contributed by atoms with Crippen LogP contribution in [0.1, 0.15) is 22.2 Å². The molecular weight excluding hydrogens is 434 g/mol. The Hall–Kier alpha value is -3.92. The molecule has 1 saturated heterocycles. The fourth-order valence-corrected chi connectivity index (χ4v) is 4.48. The summed E-state index contributed by atoms with van der Waals surface area (Å²) in [5.41, 5.74) is 0.618. The van der Waals surface area contributed by atoms with Gasteiger partial charge in [0.25, 0.3) is 5.78 Å². The zero-order valence-electron chi connectivity index (χ0n) is 16.8. The molecule has 162 valence electrons. The number of aryl methyl sites for hydroxylation is 1. The minimum absolute atomic E-state index is 0.0409. The van der Waals surface area contributed by atoms with Crippen LogP contribution in [0.5, 0.6) is 17.2 Å². The fourth-order valence-electron chi connectivity index (χ4n) is 3.77. The molecule has 0 radical (unpaired) electrons. The highest BCUT2D eigenvalue weighted by molar-refractivity contribution is 7.15. The summed E-state index contributed by atoms with van der Waals surface area (Å²) >= 11 is 1.15. The highest BCUT2D eigenvalue weighted by Crippen LogP contribution is 2.44.